The van der Waals surface area contributed by atoms with Crippen LogP contribution in [0.4, 0.5) is 0 Å². The lowest BCUT2D eigenvalue weighted by Gasteiger charge is -2.43. The number of aliphatic hydroxyl groups is 7. The van der Waals surface area contributed by atoms with Crippen LogP contribution in [0.25, 0.3) is 0 Å². The van der Waals surface area contributed by atoms with Crippen LogP contribution in [0.15, 0.2) is 0 Å². The van der Waals surface area contributed by atoms with Crippen LogP contribution in [-0.4, -0.2) is 116 Å². The van der Waals surface area contributed by atoms with Crippen molar-refractivity contribution in [2.24, 2.45) is 5.92 Å². The average molecular weight is 426 g/mol. The van der Waals surface area contributed by atoms with Gasteiger partial charge in [-0.05, 0) is 5.92 Å². The van der Waals surface area contributed by atoms with E-state index in [2.05, 4.69) is 0 Å². The molecule has 0 unspecified atom stereocenters. The Balaban J connectivity index is 2.22. The minimum absolute atomic E-state index is 0.0185. The van der Waals surface area contributed by atoms with Crippen molar-refractivity contribution in [1.82, 2.24) is 0 Å². The third-order valence-corrected chi connectivity index (χ3v) is 4.86. The second-order valence-corrected chi connectivity index (χ2v) is 7.66. The van der Waals surface area contributed by atoms with Crippen LogP contribution in [0.1, 0.15) is 20.3 Å². The minimum atomic E-state index is -2.24. The number of hydrogen-bond acceptors (Lipinski definition) is 12. The van der Waals surface area contributed by atoms with Crippen molar-refractivity contribution in [1.29, 1.82) is 0 Å². The lowest BCUT2D eigenvalue weighted by Crippen LogP contribution is -2.62. The summed E-state index contributed by atoms with van der Waals surface area (Å²) in [6.45, 7) is 1.44. The van der Waals surface area contributed by atoms with E-state index in [1.807, 2.05) is 0 Å². The molecule has 170 valence electrons. The molecule has 0 aromatic carbocycles. The Morgan fingerprint density at radius 2 is 1.59 bits per heavy atom. The molecule has 2 rings (SSSR count). The van der Waals surface area contributed by atoms with E-state index in [1.165, 1.54) is 0 Å². The number of rotatable bonds is 8. The molecule has 2 fully saturated rings. The third kappa shape index (κ3) is 5.22. The van der Waals surface area contributed by atoms with E-state index in [4.69, 9.17) is 18.9 Å². The predicted octanol–water partition coefficient (Wildman–Crippen LogP) is -3.80. The van der Waals surface area contributed by atoms with E-state index in [0.717, 1.165) is 0 Å². The summed E-state index contributed by atoms with van der Waals surface area (Å²) < 4.78 is 21.2. The van der Waals surface area contributed by atoms with Gasteiger partial charge in [0.15, 0.2) is 6.29 Å². The van der Waals surface area contributed by atoms with Gasteiger partial charge in [0.1, 0.15) is 49.3 Å². The van der Waals surface area contributed by atoms with Gasteiger partial charge in [-0.15, -0.1) is 0 Å². The Bertz CT molecular complexity index is 543. The van der Waals surface area contributed by atoms with Gasteiger partial charge in [-0.25, -0.2) is 0 Å². The molecule has 2 heterocycles. The highest BCUT2D eigenvalue weighted by atomic mass is 16.8. The molecule has 0 bridgehead atoms. The zero-order chi connectivity index (χ0) is 21.9. The fourth-order valence-corrected chi connectivity index (χ4v) is 3.19. The molecule has 0 aliphatic carbocycles. The van der Waals surface area contributed by atoms with E-state index >= 15 is 0 Å². The van der Waals surface area contributed by atoms with Crippen molar-refractivity contribution in [2.45, 2.75) is 75.1 Å². The van der Waals surface area contributed by atoms with E-state index in [9.17, 15) is 40.5 Å². The second kappa shape index (κ2) is 9.92. The lowest BCUT2D eigenvalue weighted by atomic mass is 9.99. The number of aliphatic hydroxyl groups excluding tert-OH is 7. The van der Waals surface area contributed by atoms with Crippen LogP contribution in [0.3, 0.4) is 0 Å². The summed E-state index contributed by atoms with van der Waals surface area (Å²) in [6.07, 6.45) is -12.9. The van der Waals surface area contributed by atoms with Gasteiger partial charge >= 0.3 is 5.97 Å². The molecule has 9 atom stereocenters. The van der Waals surface area contributed by atoms with E-state index in [0.29, 0.717) is 0 Å². The molecule has 0 aromatic rings. The van der Waals surface area contributed by atoms with Crippen molar-refractivity contribution in [3.8, 4) is 0 Å². The monoisotopic (exact) mass is 426 g/mol. The first-order valence-electron chi connectivity index (χ1n) is 9.35. The average Bonchev–Trinajstić information content (AvgIpc) is 2.91. The highest BCUT2D eigenvalue weighted by Gasteiger charge is 2.59. The Kier molecular flexibility index (Phi) is 8.32. The van der Waals surface area contributed by atoms with E-state index in [-0.39, 0.29) is 12.3 Å². The van der Waals surface area contributed by atoms with Gasteiger partial charge in [-0.2, -0.15) is 0 Å². The van der Waals surface area contributed by atoms with Crippen molar-refractivity contribution in [2.75, 3.05) is 19.8 Å². The lowest BCUT2D eigenvalue weighted by molar-refractivity contribution is -0.383. The summed E-state index contributed by atoms with van der Waals surface area (Å²) in [5.74, 6) is -2.91. The maximum absolute atomic E-state index is 11.9. The number of ether oxygens (including phenoxy) is 4. The number of esters is 1. The fourth-order valence-electron chi connectivity index (χ4n) is 3.19. The molecule has 12 heteroatoms. The van der Waals surface area contributed by atoms with Crippen molar-refractivity contribution in [3.63, 3.8) is 0 Å². The van der Waals surface area contributed by atoms with Crippen molar-refractivity contribution >= 4 is 5.97 Å². The molecule has 0 spiro atoms. The predicted molar refractivity (Wildman–Crippen MR) is 92.0 cm³/mol. The number of hydrogen-bond donors (Lipinski definition) is 7. The molecular weight excluding hydrogens is 396 g/mol. The number of carbonyl (C=O) groups excluding carboxylic acids is 1. The summed E-state index contributed by atoms with van der Waals surface area (Å²) in [5, 5.41) is 69.1. The molecule has 2 aliphatic rings. The van der Waals surface area contributed by atoms with Gasteiger partial charge in [-0.3, -0.25) is 4.79 Å². The highest BCUT2D eigenvalue weighted by Crippen LogP contribution is 2.36. The maximum atomic E-state index is 11.9. The third-order valence-electron chi connectivity index (χ3n) is 4.86. The van der Waals surface area contributed by atoms with Gasteiger partial charge < -0.3 is 54.7 Å². The fraction of sp³-hybridized carbons (Fsp3) is 0.941. The normalized spacial score (nSPS) is 43.0. The van der Waals surface area contributed by atoms with Gasteiger partial charge in [0.2, 0.25) is 5.79 Å². The van der Waals surface area contributed by atoms with Crippen LogP contribution >= 0.6 is 0 Å². The zero-order valence-corrected chi connectivity index (χ0v) is 16.2. The molecule has 0 radical (unpaired) electrons. The Morgan fingerprint density at radius 1 is 0.966 bits per heavy atom. The van der Waals surface area contributed by atoms with Crippen LogP contribution in [0, 0.1) is 5.92 Å². The molecule has 0 aromatic heterocycles. The molecule has 2 aliphatic heterocycles. The summed E-state index contributed by atoms with van der Waals surface area (Å²) in [7, 11) is 0. The van der Waals surface area contributed by atoms with Crippen LogP contribution in [0.5, 0.6) is 0 Å². The standard InChI is InChI=1S/C17H30O12/c1-7(2)3-10(20)26-6-17(15(25)12(22)9(5-19)28-17)29-16-14(24)13(23)11(21)8(4-18)27-16/h7-9,11-16,18-19,21-25H,3-6H2,1-2H3/t8-,9-,11-,12-,13+,14-,15+,16-,17+/m1/s1. The first-order chi connectivity index (χ1) is 13.6. The van der Waals surface area contributed by atoms with Gasteiger partial charge in [0.05, 0.1) is 13.2 Å². The largest absolute Gasteiger partial charge is 0.460 e. The summed E-state index contributed by atoms with van der Waals surface area (Å²) >= 11 is 0. The van der Waals surface area contributed by atoms with E-state index in [1.54, 1.807) is 13.8 Å². The zero-order valence-electron chi connectivity index (χ0n) is 16.2. The number of carbonyl (C=O) groups is 1. The summed E-state index contributed by atoms with van der Waals surface area (Å²) in [5.41, 5.74) is 0. The molecule has 2 saturated heterocycles. The Labute approximate surface area is 167 Å². The Hall–Kier alpha value is -0.930. The molecule has 0 amide bonds. The van der Waals surface area contributed by atoms with Crippen molar-refractivity contribution in [3.05, 3.63) is 0 Å². The Morgan fingerprint density at radius 3 is 2.10 bits per heavy atom. The summed E-state index contributed by atoms with van der Waals surface area (Å²) in [4.78, 5) is 11.9. The highest BCUT2D eigenvalue weighted by molar-refractivity contribution is 5.69. The second-order valence-electron chi connectivity index (χ2n) is 7.66. The van der Waals surface area contributed by atoms with Crippen LogP contribution in [-0.2, 0) is 23.7 Å². The quantitative estimate of drug-likeness (QED) is 0.187. The van der Waals surface area contributed by atoms with Crippen LogP contribution < -0.4 is 0 Å². The first kappa shape index (κ1) is 24.3. The van der Waals surface area contributed by atoms with Gasteiger partial charge in [0.25, 0.3) is 0 Å². The maximum Gasteiger partial charge on any atom is 0.306 e. The van der Waals surface area contributed by atoms with Gasteiger partial charge in [0, 0.05) is 6.42 Å². The molecule has 12 nitrogen and oxygen atoms in total. The van der Waals surface area contributed by atoms with Crippen LogP contribution in [0.2, 0.25) is 0 Å². The van der Waals surface area contributed by atoms with E-state index < -0.39 is 80.6 Å². The first-order valence-corrected chi connectivity index (χ1v) is 9.35. The SMILES string of the molecule is CC(C)CC(=O)OC[C@@]1(O[C@H]2O[C@H](CO)[C@@H](O)[C@H](O)[C@H]2O)O[C@H](CO)[C@@H](O)[C@@H]1O. The molecule has 0 saturated carbocycles. The minimum Gasteiger partial charge on any atom is -0.460 e. The molecular formula is C17H30O12. The smallest absolute Gasteiger partial charge is 0.306 e. The molecule has 29 heavy (non-hydrogen) atoms. The molecule has 7 N–H and O–H groups in total. The summed E-state index contributed by atoms with van der Waals surface area (Å²) in [6, 6.07) is 0. The van der Waals surface area contributed by atoms with Crippen molar-refractivity contribution < 1.29 is 59.5 Å². The van der Waals surface area contributed by atoms with Gasteiger partial charge in [-0.1, -0.05) is 13.8 Å². The topological polar surface area (TPSA) is 196 Å².